The number of fused-ring (bicyclic) bond motifs is 5. The Morgan fingerprint density at radius 1 is 1.06 bits per heavy atom. The Labute approximate surface area is 204 Å². The van der Waals surface area contributed by atoms with Crippen molar-refractivity contribution in [2.75, 3.05) is 0 Å². The van der Waals surface area contributed by atoms with Gasteiger partial charge < -0.3 is 15.3 Å². The summed E-state index contributed by atoms with van der Waals surface area (Å²) < 4.78 is 0. The van der Waals surface area contributed by atoms with Crippen molar-refractivity contribution in [1.82, 2.24) is 0 Å². The minimum Gasteiger partial charge on any atom is -0.482 e. The van der Waals surface area contributed by atoms with Crippen LogP contribution in [0, 0.1) is 52.3 Å². The summed E-state index contributed by atoms with van der Waals surface area (Å²) in [7, 11) is 18.8. The van der Waals surface area contributed by atoms with Crippen LogP contribution in [-0.2, 0) is 4.79 Å². The molecule has 11 atom stereocenters. The van der Waals surface area contributed by atoms with Crippen LogP contribution < -0.4 is 0 Å². The van der Waals surface area contributed by atoms with E-state index in [9.17, 15) is 20.1 Å². The van der Waals surface area contributed by atoms with Gasteiger partial charge in [0.1, 0.15) is 7.85 Å². The molecular formula is C26H41B3O4. The van der Waals surface area contributed by atoms with Gasteiger partial charge in [-0.25, -0.2) is 0 Å². The monoisotopic (exact) mass is 450 g/mol. The summed E-state index contributed by atoms with van der Waals surface area (Å²) >= 11 is 0. The first-order chi connectivity index (χ1) is 15.2. The number of hydrogen-bond donors (Lipinski definition) is 3. The Kier molecular flexibility index (Phi) is 6.47. The molecule has 0 saturated heterocycles. The van der Waals surface area contributed by atoms with Crippen LogP contribution >= 0.6 is 0 Å². The van der Waals surface area contributed by atoms with E-state index in [1.807, 2.05) is 0 Å². The molecule has 178 valence electrons. The van der Waals surface area contributed by atoms with Crippen LogP contribution in [-0.4, -0.2) is 56.4 Å². The van der Waals surface area contributed by atoms with Gasteiger partial charge in [0.05, 0.1) is 21.8 Å². The summed E-state index contributed by atoms with van der Waals surface area (Å²) in [4.78, 5) is 11.6. The fourth-order valence-electron chi connectivity index (χ4n) is 9.87. The van der Waals surface area contributed by atoms with Crippen molar-refractivity contribution in [2.24, 2.45) is 52.3 Å². The highest BCUT2D eigenvalue weighted by Gasteiger charge is 2.67. The van der Waals surface area contributed by atoms with Crippen LogP contribution in [0.3, 0.4) is 0 Å². The molecule has 6 radical (unpaired) electrons. The van der Waals surface area contributed by atoms with Gasteiger partial charge >= 0.3 is 0 Å². The zero-order valence-corrected chi connectivity index (χ0v) is 21.0. The number of rotatable bonds is 5. The van der Waals surface area contributed by atoms with Crippen molar-refractivity contribution < 1.29 is 20.1 Å². The van der Waals surface area contributed by atoms with Gasteiger partial charge in [-0.3, -0.25) is 4.79 Å². The summed E-state index contributed by atoms with van der Waals surface area (Å²) in [6, 6.07) is 0. The van der Waals surface area contributed by atoms with Gasteiger partial charge in [0.2, 0.25) is 0 Å². The maximum absolute atomic E-state index is 12.0. The van der Waals surface area contributed by atoms with Gasteiger partial charge in [0.15, 0.2) is 0 Å². The zero-order valence-electron chi connectivity index (χ0n) is 21.0. The van der Waals surface area contributed by atoms with Crippen molar-refractivity contribution >= 4 is 29.5 Å². The Bertz CT molecular complexity index is 773. The second-order valence-electron chi connectivity index (χ2n) is 12.9. The molecule has 33 heavy (non-hydrogen) atoms. The molecule has 0 aliphatic heterocycles. The van der Waals surface area contributed by atoms with E-state index in [1.165, 1.54) is 0 Å². The van der Waals surface area contributed by atoms with Gasteiger partial charge in [-0.2, -0.15) is 0 Å². The molecule has 0 bridgehead atoms. The lowest BCUT2D eigenvalue weighted by atomic mass is 9.35. The van der Waals surface area contributed by atoms with E-state index >= 15 is 0 Å². The largest absolute Gasteiger partial charge is 0.482 e. The van der Waals surface area contributed by atoms with Gasteiger partial charge in [0.25, 0.3) is 5.97 Å². The number of hydrogen-bond acceptors (Lipinski definition) is 3. The molecule has 4 aliphatic carbocycles. The normalized spacial score (nSPS) is 50.7. The summed E-state index contributed by atoms with van der Waals surface area (Å²) in [6.07, 6.45) is 7.41. The average Bonchev–Trinajstić information content (AvgIpc) is 3.06. The standard InChI is InChI=1S/C26H41B3O4/c1-5-16-20-12-15(30)8-10-24(20,4)19-9-11-23(3)17(14(2)13-25(27,28)22(31)32)6-7-18(23)21(19)26(16,29)33/h14-21,30,33H,5-13H2,1-4H3,(H,31,32)/t14-,15-,16-,17?,18+,19+,20+,21+,23-,24-,26-/m1/s1. The molecule has 0 aromatic rings. The molecule has 7 heteroatoms. The van der Waals surface area contributed by atoms with E-state index in [0.29, 0.717) is 17.8 Å². The topological polar surface area (TPSA) is 77.8 Å². The highest BCUT2D eigenvalue weighted by molar-refractivity contribution is 6.49. The minimum absolute atomic E-state index is 0.0157. The van der Waals surface area contributed by atoms with Crippen LogP contribution in [0.25, 0.3) is 0 Å². The van der Waals surface area contributed by atoms with E-state index in [1.54, 1.807) is 0 Å². The van der Waals surface area contributed by atoms with Crippen LogP contribution in [0.4, 0.5) is 0 Å². The zero-order chi connectivity index (χ0) is 24.6. The third-order valence-electron chi connectivity index (χ3n) is 11.4. The Morgan fingerprint density at radius 3 is 2.27 bits per heavy atom. The van der Waals surface area contributed by atoms with Gasteiger partial charge in [-0.1, -0.05) is 40.5 Å². The fraction of sp³-hybridized carbons (Fsp3) is 0.962. The van der Waals surface area contributed by atoms with Gasteiger partial charge in [0, 0.05) is 5.50 Å². The Balaban J connectivity index is 1.67. The van der Waals surface area contributed by atoms with E-state index < -0.39 is 16.7 Å². The third kappa shape index (κ3) is 3.77. The maximum atomic E-state index is 12.0. The Hall–Kier alpha value is -0.415. The molecule has 4 fully saturated rings. The molecular weight excluding hydrogens is 409 g/mol. The van der Waals surface area contributed by atoms with E-state index in [-0.39, 0.29) is 47.0 Å². The van der Waals surface area contributed by atoms with Crippen LogP contribution in [0.5, 0.6) is 0 Å². The van der Waals surface area contributed by atoms with E-state index in [0.717, 1.165) is 51.4 Å². The lowest BCUT2D eigenvalue weighted by Gasteiger charge is -2.68. The van der Waals surface area contributed by atoms with Crippen molar-refractivity contribution in [3.63, 3.8) is 0 Å². The second kappa shape index (κ2) is 8.32. The first kappa shape index (κ1) is 25.7. The lowest BCUT2D eigenvalue weighted by molar-refractivity contribution is -0.220. The van der Waals surface area contributed by atoms with Crippen molar-refractivity contribution in [2.45, 2.75) is 102 Å². The number of carboxylic acid groups (broad SMARTS) is 1. The van der Waals surface area contributed by atoms with Crippen LogP contribution in [0.2, 0.25) is 5.21 Å². The highest BCUT2D eigenvalue weighted by Crippen LogP contribution is 2.71. The molecule has 4 rings (SSSR count). The molecule has 4 saturated carbocycles. The molecule has 3 N–H and O–H groups in total. The number of aliphatic carboxylic acids is 1. The second-order valence-corrected chi connectivity index (χ2v) is 12.9. The highest BCUT2D eigenvalue weighted by atomic mass is 16.4. The smallest absolute Gasteiger partial charge is 0.292 e. The van der Waals surface area contributed by atoms with Gasteiger partial charge in [-0.15, -0.1) is 0 Å². The first-order valence-corrected chi connectivity index (χ1v) is 13.2. The molecule has 0 heterocycles. The average molecular weight is 450 g/mol. The molecule has 1 unspecified atom stereocenters. The van der Waals surface area contributed by atoms with E-state index in [4.69, 9.17) is 23.5 Å². The first-order valence-electron chi connectivity index (χ1n) is 13.2. The number of aliphatic hydroxyl groups excluding tert-OH is 1. The third-order valence-corrected chi connectivity index (χ3v) is 11.4. The number of carbonyl (C=O) groups is 1. The fourth-order valence-corrected chi connectivity index (χ4v) is 9.87. The molecule has 4 aliphatic rings. The molecule has 0 spiro atoms. The molecule has 4 nitrogen and oxygen atoms in total. The van der Waals surface area contributed by atoms with Crippen molar-refractivity contribution in [1.29, 1.82) is 0 Å². The summed E-state index contributed by atoms with van der Waals surface area (Å²) in [5.74, 6) is 0.115. The molecule has 0 aromatic carbocycles. The summed E-state index contributed by atoms with van der Waals surface area (Å²) in [5, 5.41) is 30.2. The van der Waals surface area contributed by atoms with Gasteiger partial charge in [-0.05, 0) is 102 Å². The van der Waals surface area contributed by atoms with Crippen LogP contribution in [0.1, 0.15) is 85.5 Å². The summed E-state index contributed by atoms with van der Waals surface area (Å²) in [6.45, 7) is 8.96. The Morgan fingerprint density at radius 2 is 1.67 bits per heavy atom. The predicted octanol–water partition coefficient (Wildman–Crippen LogP) is 3.67. The minimum atomic E-state index is -1.72. The number of aliphatic hydroxyl groups is 2. The van der Waals surface area contributed by atoms with Crippen LogP contribution in [0.15, 0.2) is 0 Å². The van der Waals surface area contributed by atoms with Crippen molar-refractivity contribution in [3.05, 3.63) is 0 Å². The van der Waals surface area contributed by atoms with Crippen molar-refractivity contribution in [3.8, 4) is 0 Å². The molecule has 0 aromatic heterocycles. The summed E-state index contributed by atoms with van der Waals surface area (Å²) in [5.41, 5.74) is -1.18. The maximum Gasteiger partial charge on any atom is 0.292 e. The number of carboxylic acids is 1. The predicted molar refractivity (Wildman–Crippen MR) is 132 cm³/mol. The molecule has 0 amide bonds. The SMILES string of the molecule is [B]C([B])(C[C@@H](C)C1CC[C@H]2[C@H]3[C@H](CC[C@]12C)[C@@]1(C)CC[C@@H](O)C[C@H]1[C@@H](CC)[C@@]3([B])O)C(=O)O. The van der Waals surface area contributed by atoms with E-state index in [2.05, 4.69) is 27.7 Å². The lowest BCUT2D eigenvalue weighted by Crippen LogP contribution is -2.68. The quantitative estimate of drug-likeness (QED) is 0.559.